The summed E-state index contributed by atoms with van der Waals surface area (Å²) >= 11 is 1.82. The molecule has 0 aliphatic rings. The Morgan fingerprint density at radius 2 is 2.00 bits per heavy atom. The first-order valence-corrected chi connectivity index (χ1v) is 7.54. The van der Waals surface area contributed by atoms with Gasteiger partial charge in [0.2, 0.25) is 0 Å². The fourth-order valence-electron chi connectivity index (χ4n) is 1.98. The monoisotopic (exact) mass is 275 g/mol. The van der Waals surface area contributed by atoms with Gasteiger partial charge in [0.25, 0.3) is 0 Å². The molecule has 0 aliphatic carbocycles. The van der Waals surface area contributed by atoms with Crippen LogP contribution in [0.15, 0.2) is 36.4 Å². The third-order valence-electron chi connectivity index (χ3n) is 2.90. The second-order valence-electron chi connectivity index (χ2n) is 4.84. The minimum atomic E-state index is 0.180. The van der Waals surface area contributed by atoms with Gasteiger partial charge in [-0.25, -0.2) is 0 Å². The lowest BCUT2D eigenvalue weighted by atomic mass is 10.1. The lowest BCUT2D eigenvalue weighted by molar-refractivity contribution is 0.309. The van der Waals surface area contributed by atoms with E-state index in [1.165, 1.54) is 15.3 Å². The van der Waals surface area contributed by atoms with Gasteiger partial charge in [-0.1, -0.05) is 19.1 Å². The molecule has 2 aromatic rings. The summed E-state index contributed by atoms with van der Waals surface area (Å²) in [5.74, 6) is 0.921. The molecule has 0 saturated carbocycles. The minimum Gasteiger partial charge on any atom is -0.488 e. The molecule has 2 rings (SSSR count). The Labute approximate surface area is 119 Å². The van der Waals surface area contributed by atoms with Crippen LogP contribution in [0.1, 0.15) is 29.2 Å². The van der Waals surface area contributed by atoms with E-state index in [0.29, 0.717) is 6.61 Å². The second-order valence-corrected chi connectivity index (χ2v) is 6.09. The maximum atomic E-state index is 5.84. The van der Waals surface area contributed by atoms with E-state index in [1.54, 1.807) is 0 Å². The molecular weight excluding hydrogens is 254 g/mol. The van der Waals surface area contributed by atoms with Crippen LogP contribution in [-0.2, 0) is 19.4 Å². The lowest BCUT2D eigenvalue weighted by Gasteiger charge is -2.08. The quantitative estimate of drug-likeness (QED) is 0.870. The highest BCUT2D eigenvalue weighted by atomic mass is 32.1. The number of hydrogen-bond donors (Lipinski definition) is 1. The van der Waals surface area contributed by atoms with Gasteiger partial charge < -0.3 is 10.5 Å². The predicted octanol–water partition coefficient (Wildman–Crippen LogP) is 3.78. The zero-order valence-corrected chi connectivity index (χ0v) is 12.4. The third-order valence-corrected chi connectivity index (χ3v) is 4.11. The summed E-state index contributed by atoms with van der Waals surface area (Å²) in [5, 5.41) is 0. The Kier molecular flexibility index (Phi) is 5.00. The fraction of sp³-hybridized carbons (Fsp3) is 0.375. The van der Waals surface area contributed by atoms with E-state index in [1.807, 2.05) is 30.4 Å². The van der Waals surface area contributed by atoms with Crippen LogP contribution in [0.2, 0.25) is 0 Å². The topological polar surface area (TPSA) is 35.2 Å². The third kappa shape index (κ3) is 4.37. The van der Waals surface area contributed by atoms with Crippen LogP contribution in [0.3, 0.4) is 0 Å². The molecule has 0 radical (unpaired) electrons. The smallest absolute Gasteiger partial charge is 0.122 e. The van der Waals surface area contributed by atoms with Crippen LogP contribution in [0, 0.1) is 0 Å². The molecular formula is C16H21NOS. The van der Waals surface area contributed by atoms with E-state index < -0.39 is 0 Å². The molecule has 1 atom stereocenters. The van der Waals surface area contributed by atoms with Crippen LogP contribution in [-0.4, -0.2) is 6.04 Å². The molecule has 0 saturated heterocycles. The first kappa shape index (κ1) is 14.1. The molecule has 2 N–H and O–H groups in total. The SMILES string of the molecule is CCc1ccc(COc2cccc(CC(C)N)c2)s1. The number of rotatable bonds is 6. The first-order chi connectivity index (χ1) is 9.17. The van der Waals surface area contributed by atoms with E-state index in [-0.39, 0.29) is 6.04 Å². The Morgan fingerprint density at radius 3 is 2.68 bits per heavy atom. The molecule has 1 aromatic carbocycles. The van der Waals surface area contributed by atoms with Crippen LogP contribution < -0.4 is 10.5 Å². The highest BCUT2D eigenvalue weighted by molar-refractivity contribution is 7.11. The van der Waals surface area contributed by atoms with Crippen LogP contribution >= 0.6 is 11.3 Å². The Bertz CT molecular complexity index is 519. The lowest BCUT2D eigenvalue weighted by Crippen LogP contribution is -2.17. The van der Waals surface area contributed by atoms with E-state index in [0.717, 1.165) is 18.6 Å². The number of thiophene rings is 1. The Balaban J connectivity index is 1.95. The van der Waals surface area contributed by atoms with Crippen molar-refractivity contribution in [3.63, 3.8) is 0 Å². The number of nitrogens with two attached hydrogens (primary N) is 1. The van der Waals surface area contributed by atoms with Crippen molar-refractivity contribution in [1.29, 1.82) is 0 Å². The summed E-state index contributed by atoms with van der Waals surface area (Å²) in [6, 6.07) is 12.7. The van der Waals surface area contributed by atoms with Gasteiger partial charge in [0.05, 0.1) is 0 Å². The van der Waals surface area contributed by atoms with Crippen molar-refractivity contribution < 1.29 is 4.74 Å². The normalized spacial score (nSPS) is 12.4. The van der Waals surface area contributed by atoms with Gasteiger partial charge in [-0.05, 0) is 49.6 Å². The zero-order valence-electron chi connectivity index (χ0n) is 11.6. The highest BCUT2D eigenvalue weighted by Gasteiger charge is 2.02. The molecule has 0 aliphatic heterocycles. The molecule has 0 fully saturated rings. The van der Waals surface area contributed by atoms with Crippen molar-refractivity contribution in [2.45, 2.75) is 39.3 Å². The van der Waals surface area contributed by atoms with Crippen LogP contribution in [0.4, 0.5) is 0 Å². The van der Waals surface area contributed by atoms with Gasteiger partial charge in [-0.15, -0.1) is 11.3 Å². The number of hydrogen-bond acceptors (Lipinski definition) is 3. The summed E-state index contributed by atoms with van der Waals surface area (Å²) in [6.07, 6.45) is 1.98. The summed E-state index contributed by atoms with van der Waals surface area (Å²) in [7, 11) is 0. The van der Waals surface area contributed by atoms with Crippen molar-refractivity contribution in [2.24, 2.45) is 5.73 Å². The standard InChI is InChI=1S/C16H21NOS/c1-3-15-7-8-16(19-15)11-18-14-6-4-5-13(10-14)9-12(2)17/h4-8,10,12H,3,9,11,17H2,1-2H3. The molecule has 1 aromatic heterocycles. The van der Waals surface area contributed by atoms with Crippen molar-refractivity contribution in [2.75, 3.05) is 0 Å². The molecule has 1 unspecified atom stereocenters. The van der Waals surface area contributed by atoms with Gasteiger partial charge in [-0.3, -0.25) is 0 Å². The molecule has 0 bridgehead atoms. The van der Waals surface area contributed by atoms with E-state index in [4.69, 9.17) is 10.5 Å². The van der Waals surface area contributed by atoms with Crippen molar-refractivity contribution in [1.82, 2.24) is 0 Å². The molecule has 0 amide bonds. The predicted molar refractivity (Wildman–Crippen MR) is 81.8 cm³/mol. The van der Waals surface area contributed by atoms with Crippen molar-refractivity contribution >= 4 is 11.3 Å². The van der Waals surface area contributed by atoms with E-state index in [2.05, 4.69) is 31.2 Å². The summed E-state index contributed by atoms with van der Waals surface area (Å²) in [4.78, 5) is 2.68. The van der Waals surface area contributed by atoms with E-state index >= 15 is 0 Å². The maximum absolute atomic E-state index is 5.84. The number of aryl methyl sites for hydroxylation is 1. The second kappa shape index (κ2) is 6.73. The van der Waals surface area contributed by atoms with Crippen molar-refractivity contribution in [3.8, 4) is 5.75 Å². The van der Waals surface area contributed by atoms with Gasteiger partial charge in [0.15, 0.2) is 0 Å². The first-order valence-electron chi connectivity index (χ1n) is 6.72. The zero-order chi connectivity index (χ0) is 13.7. The van der Waals surface area contributed by atoms with Crippen molar-refractivity contribution in [3.05, 3.63) is 51.7 Å². The summed E-state index contributed by atoms with van der Waals surface area (Å²) in [6.45, 7) is 4.84. The summed E-state index contributed by atoms with van der Waals surface area (Å²) in [5.41, 5.74) is 7.05. The van der Waals surface area contributed by atoms with Gasteiger partial charge in [0.1, 0.15) is 12.4 Å². The maximum Gasteiger partial charge on any atom is 0.122 e. The van der Waals surface area contributed by atoms with Gasteiger partial charge >= 0.3 is 0 Å². The fourth-order valence-corrected chi connectivity index (χ4v) is 2.85. The average molecular weight is 275 g/mol. The Hall–Kier alpha value is -1.32. The van der Waals surface area contributed by atoms with Crippen LogP contribution in [0.5, 0.6) is 5.75 Å². The molecule has 3 heteroatoms. The molecule has 1 heterocycles. The average Bonchev–Trinajstić information content (AvgIpc) is 2.84. The highest BCUT2D eigenvalue weighted by Crippen LogP contribution is 2.20. The molecule has 2 nitrogen and oxygen atoms in total. The number of benzene rings is 1. The largest absolute Gasteiger partial charge is 0.488 e. The molecule has 0 spiro atoms. The Morgan fingerprint density at radius 1 is 1.21 bits per heavy atom. The summed E-state index contributed by atoms with van der Waals surface area (Å²) < 4.78 is 5.84. The molecule has 102 valence electrons. The minimum absolute atomic E-state index is 0.180. The van der Waals surface area contributed by atoms with Gasteiger partial charge in [0, 0.05) is 15.8 Å². The van der Waals surface area contributed by atoms with Crippen LogP contribution in [0.25, 0.3) is 0 Å². The molecule has 19 heavy (non-hydrogen) atoms. The number of ether oxygens (including phenoxy) is 1. The van der Waals surface area contributed by atoms with E-state index in [9.17, 15) is 0 Å². The van der Waals surface area contributed by atoms with Gasteiger partial charge in [-0.2, -0.15) is 0 Å².